The van der Waals surface area contributed by atoms with Gasteiger partial charge >= 0.3 is 0 Å². The molecule has 0 saturated heterocycles. The number of aromatic nitrogens is 2. The van der Waals surface area contributed by atoms with Gasteiger partial charge in [0.1, 0.15) is 5.82 Å². The van der Waals surface area contributed by atoms with Crippen LogP contribution in [0.5, 0.6) is 0 Å². The highest BCUT2D eigenvalue weighted by Crippen LogP contribution is 2.23. The van der Waals surface area contributed by atoms with Crippen molar-refractivity contribution in [1.82, 2.24) is 9.55 Å². The van der Waals surface area contributed by atoms with E-state index < -0.39 is 0 Å². The number of hydrogen-bond acceptors (Lipinski definition) is 2. The minimum absolute atomic E-state index is 0.191. The van der Waals surface area contributed by atoms with Gasteiger partial charge in [0.15, 0.2) is 0 Å². The molecule has 0 aliphatic rings. The normalized spacial score (nSPS) is 11.1. The number of rotatable bonds is 3. The van der Waals surface area contributed by atoms with E-state index in [1.54, 1.807) is 0 Å². The Balaban J connectivity index is 2.50. The fourth-order valence-electron chi connectivity index (χ4n) is 1.73. The zero-order valence-electron chi connectivity index (χ0n) is 8.57. The van der Waals surface area contributed by atoms with Gasteiger partial charge < -0.3 is 9.67 Å². The van der Waals surface area contributed by atoms with E-state index in [-0.39, 0.29) is 6.61 Å². The van der Waals surface area contributed by atoms with Crippen LogP contribution in [-0.2, 0) is 13.5 Å². The fourth-order valence-corrected chi connectivity index (χ4v) is 2.03. The van der Waals surface area contributed by atoms with E-state index in [0.29, 0.717) is 0 Å². The van der Waals surface area contributed by atoms with Crippen molar-refractivity contribution in [2.75, 3.05) is 6.61 Å². The van der Waals surface area contributed by atoms with Crippen LogP contribution in [0, 0.1) is 0 Å². The highest BCUT2D eigenvalue weighted by molar-refractivity contribution is 6.34. The maximum absolute atomic E-state index is 8.78. The molecule has 1 N–H and O–H groups in total. The second kappa shape index (κ2) is 4.21. The molecule has 0 radical (unpaired) electrons. The quantitative estimate of drug-likeness (QED) is 0.868. The van der Waals surface area contributed by atoms with Crippen molar-refractivity contribution in [1.29, 1.82) is 0 Å². The summed E-state index contributed by atoms with van der Waals surface area (Å²) in [5.74, 6) is 0.965. The van der Waals surface area contributed by atoms with Gasteiger partial charge in [-0.05, 0) is 18.6 Å². The van der Waals surface area contributed by atoms with Crippen LogP contribution in [-0.4, -0.2) is 21.3 Å². The highest BCUT2D eigenvalue weighted by atomic mass is 35.5. The maximum atomic E-state index is 8.78. The van der Waals surface area contributed by atoms with Gasteiger partial charge in [0.05, 0.1) is 16.1 Å². The summed E-state index contributed by atoms with van der Waals surface area (Å²) in [6.07, 6.45) is 1.51. The van der Waals surface area contributed by atoms with Crippen LogP contribution in [0.4, 0.5) is 0 Å². The average molecular weight is 225 g/mol. The van der Waals surface area contributed by atoms with Gasteiger partial charge in [0, 0.05) is 20.1 Å². The predicted molar refractivity (Wildman–Crippen MR) is 61.1 cm³/mol. The lowest BCUT2D eigenvalue weighted by Crippen LogP contribution is -1.99. The number of aryl methyl sites for hydroxylation is 2. The van der Waals surface area contributed by atoms with Crippen molar-refractivity contribution in [3.63, 3.8) is 0 Å². The Morgan fingerprint density at radius 1 is 1.47 bits per heavy atom. The summed E-state index contributed by atoms with van der Waals surface area (Å²) in [7, 11) is 1.95. The van der Waals surface area contributed by atoms with Crippen molar-refractivity contribution in [3.8, 4) is 0 Å². The molecule has 0 saturated carbocycles. The minimum Gasteiger partial charge on any atom is -0.396 e. The molecule has 0 amide bonds. The van der Waals surface area contributed by atoms with E-state index in [0.717, 1.165) is 34.7 Å². The summed E-state index contributed by atoms with van der Waals surface area (Å²) in [5.41, 5.74) is 1.88. The number of imidazole rings is 1. The third-order valence-electron chi connectivity index (χ3n) is 2.50. The molecule has 4 heteroatoms. The van der Waals surface area contributed by atoms with Crippen molar-refractivity contribution >= 4 is 22.6 Å². The van der Waals surface area contributed by atoms with Crippen LogP contribution in [0.2, 0.25) is 5.02 Å². The lowest BCUT2D eigenvalue weighted by atomic mass is 10.3. The van der Waals surface area contributed by atoms with Gasteiger partial charge in [0.25, 0.3) is 0 Å². The number of para-hydroxylation sites is 1. The number of aliphatic hydroxyl groups excluding tert-OH is 1. The van der Waals surface area contributed by atoms with E-state index in [2.05, 4.69) is 4.98 Å². The van der Waals surface area contributed by atoms with Gasteiger partial charge in [-0.3, -0.25) is 0 Å². The van der Waals surface area contributed by atoms with Crippen LogP contribution in [0.25, 0.3) is 11.0 Å². The number of halogens is 1. The second-order valence-electron chi connectivity index (χ2n) is 3.52. The first-order valence-corrected chi connectivity index (χ1v) is 5.32. The molecule has 0 spiro atoms. The third kappa shape index (κ3) is 1.85. The Morgan fingerprint density at radius 3 is 2.93 bits per heavy atom. The molecule has 1 aromatic heterocycles. The second-order valence-corrected chi connectivity index (χ2v) is 3.93. The first-order valence-electron chi connectivity index (χ1n) is 4.94. The van der Waals surface area contributed by atoms with Crippen LogP contribution >= 0.6 is 11.6 Å². The first-order chi connectivity index (χ1) is 7.24. The molecule has 0 aliphatic carbocycles. The standard InChI is InChI=1S/C11H13ClN2O/c1-14-10(6-3-7-15)13-9-5-2-4-8(12)11(9)14/h2,4-5,15H,3,6-7H2,1H3. The fraction of sp³-hybridized carbons (Fsp3) is 0.364. The molecule has 80 valence electrons. The van der Waals surface area contributed by atoms with E-state index >= 15 is 0 Å². The lowest BCUT2D eigenvalue weighted by molar-refractivity contribution is 0.287. The molecule has 15 heavy (non-hydrogen) atoms. The molecule has 3 nitrogen and oxygen atoms in total. The van der Waals surface area contributed by atoms with Gasteiger partial charge in [-0.2, -0.15) is 0 Å². The van der Waals surface area contributed by atoms with Gasteiger partial charge in [-0.15, -0.1) is 0 Å². The van der Waals surface area contributed by atoms with Gasteiger partial charge in [-0.25, -0.2) is 4.98 Å². The van der Waals surface area contributed by atoms with Gasteiger partial charge in [-0.1, -0.05) is 17.7 Å². The lowest BCUT2D eigenvalue weighted by Gasteiger charge is -2.01. The average Bonchev–Trinajstić information content (AvgIpc) is 2.54. The molecule has 0 atom stereocenters. The van der Waals surface area contributed by atoms with E-state index in [1.807, 2.05) is 29.8 Å². The summed E-state index contributed by atoms with van der Waals surface area (Å²) in [5, 5.41) is 9.50. The molecule has 0 aliphatic heterocycles. The SMILES string of the molecule is Cn1c(CCCO)nc2cccc(Cl)c21. The Morgan fingerprint density at radius 2 is 2.27 bits per heavy atom. The summed E-state index contributed by atoms with van der Waals surface area (Å²) in [6, 6.07) is 5.71. The number of fused-ring (bicyclic) bond motifs is 1. The van der Waals surface area contributed by atoms with Crippen molar-refractivity contribution in [2.24, 2.45) is 7.05 Å². The number of nitrogens with zero attached hydrogens (tertiary/aromatic N) is 2. The minimum atomic E-state index is 0.191. The molecule has 2 aromatic rings. The molecule has 0 fully saturated rings. The summed E-state index contributed by atoms with van der Waals surface area (Å²) in [6.45, 7) is 0.191. The maximum Gasteiger partial charge on any atom is 0.109 e. The van der Waals surface area contributed by atoms with Crippen LogP contribution in [0.1, 0.15) is 12.2 Å². The Hall–Kier alpha value is -1.06. The predicted octanol–water partition coefficient (Wildman–Crippen LogP) is 2.15. The summed E-state index contributed by atoms with van der Waals surface area (Å²) >= 11 is 6.10. The monoisotopic (exact) mass is 224 g/mol. The van der Waals surface area contributed by atoms with Crippen molar-refractivity contribution in [2.45, 2.75) is 12.8 Å². The zero-order valence-corrected chi connectivity index (χ0v) is 9.33. The summed E-state index contributed by atoms with van der Waals surface area (Å²) in [4.78, 5) is 4.48. The topological polar surface area (TPSA) is 38.0 Å². The van der Waals surface area contributed by atoms with Crippen LogP contribution in [0.15, 0.2) is 18.2 Å². The molecule has 0 bridgehead atoms. The first kappa shape index (κ1) is 10.5. The Kier molecular flexibility index (Phi) is 2.93. The van der Waals surface area contributed by atoms with Crippen molar-refractivity contribution in [3.05, 3.63) is 29.0 Å². The third-order valence-corrected chi connectivity index (χ3v) is 2.80. The molecular weight excluding hydrogens is 212 g/mol. The van der Waals surface area contributed by atoms with E-state index in [4.69, 9.17) is 16.7 Å². The highest BCUT2D eigenvalue weighted by Gasteiger charge is 2.09. The van der Waals surface area contributed by atoms with Crippen molar-refractivity contribution < 1.29 is 5.11 Å². The smallest absolute Gasteiger partial charge is 0.109 e. The van der Waals surface area contributed by atoms with Gasteiger partial charge in [0.2, 0.25) is 0 Å². The van der Waals surface area contributed by atoms with Crippen LogP contribution < -0.4 is 0 Å². The van der Waals surface area contributed by atoms with E-state index in [9.17, 15) is 0 Å². The van der Waals surface area contributed by atoms with Crippen LogP contribution in [0.3, 0.4) is 0 Å². The molecular formula is C11H13ClN2O. The number of aliphatic hydroxyl groups is 1. The molecule has 2 rings (SSSR count). The Labute approximate surface area is 93.3 Å². The molecule has 1 aromatic carbocycles. The largest absolute Gasteiger partial charge is 0.396 e. The molecule has 0 unspecified atom stereocenters. The molecule has 1 heterocycles. The number of benzene rings is 1. The summed E-state index contributed by atoms with van der Waals surface area (Å²) < 4.78 is 1.99. The zero-order chi connectivity index (χ0) is 10.8. The van der Waals surface area contributed by atoms with E-state index in [1.165, 1.54) is 0 Å². The number of hydrogen-bond donors (Lipinski definition) is 1. The Bertz CT molecular complexity index is 479.